The van der Waals surface area contributed by atoms with Crippen LogP contribution >= 0.6 is 11.8 Å². The highest BCUT2D eigenvalue weighted by Gasteiger charge is 2.35. The first-order valence-electron chi connectivity index (χ1n) is 6.29. The van der Waals surface area contributed by atoms with E-state index in [2.05, 4.69) is 20.6 Å². The number of rotatable bonds is 4. The maximum Gasteiger partial charge on any atom is 0.293 e. The summed E-state index contributed by atoms with van der Waals surface area (Å²) in [5.74, 6) is 0.721. The number of thioether (sulfide) groups is 1. The van der Waals surface area contributed by atoms with Gasteiger partial charge in [0.05, 0.1) is 18.6 Å². The number of tetrazole rings is 1. The van der Waals surface area contributed by atoms with Crippen LogP contribution in [0.25, 0.3) is 6.08 Å². The second kappa shape index (κ2) is 5.98. The Bertz CT molecular complexity index is 727. The van der Waals surface area contributed by atoms with E-state index < -0.39 is 0 Å². The Morgan fingerprint density at radius 2 is 2.09 bits per heavy atom. The van der Waals surface area contributed by atoms with Gasteiger partial charge in [-0.25, -0.2) is 5.10 Å². The third-order valence-electron chi connectivity index (χ3n) is 2.98. The number of nitrogens with zero attached hydrogens (tertiary/aromatic N) is 4. The number of hydrogen-bond donors (Lipinski definition) is 1. The van der Waals surface area contributed by atoms with Crippen molar-refractivity contribution in [3.63, 3.8) is 0 Å². The number of carbonyl (C=O) groups excluding carboxylic acids is 2. The second-order valence-corrected chi connectivity index (χ2v) is 5.38. The lowest BCUT2D eigenvalue weighted by Crippen LogP contribution is -2.28. The van der Waals surface area contributed by atoms with Gasteiger partial charge in [0.25, 0.3) is 11.1 Å². The predicted molar refractivity (Wildman–Crippen MR) is 78.7 cm³/mol. The number of aromatic amines is 1. The first kappa shape index (κ1) is 14.3. The summed E-state index contributed by atoms with van der Waals surface area (Å²) in [6.45, 7) is 0.0254. The van der Waals surface area contributed by atoms with Crippen molar-refractivity contribution in [3.05, 3.63) is 40.6 Å². The highest BCUT2D eigenvalue weighted by atomic mass is 32.2. The zero-order valence-corrected chi connectivity index (χ0v) is 12.3. The minimum atomic E-state index is -0.359. The SMILES string of the molecule is COc1ccc(C=C2SC(=O)N(Cc3nnn[nH]3)C2=O)cc1. The van der Waals surface area contributed by atoms with Crippen molar-refractivity contribution in [2.75, 3.05) is 7.11 Å². The topological polar surface area (TPSA) is 101 Å². The van der Waals surface area contributed by atoms with Gasteiger partial charge in [-0.05, 0) is 46.0 Å². The molecular weight excluding hydrogens is 306 g/mol. The summed E-state index contributed by atoms with van der Waals surface area (Å²) < 4.78 is 5.08. The fourth-order valence-corrected chi connectivity index (χ4v) is 2.72. The molecule has 1 aromatic heterocycles. The molecule has 1 aliphatic heterocycles. The van der Waals surface area contributed by atoms with Crippen LogP contribution in [0.5, 0.6) is 5.75 Å². The molecule has 0 saturated carbocycles. The average Bonchev–Trinajstić information content (AvgIpc) is 3.13. The highest BCUT2D eigenvalue weighted by molar-refractivity contribution is 8.18. The molecule has 0 atom stereocenters. The van der Waals surface area contributed by atoms with Crippen LogP contribution in [0.1, 0.15) is 11.4 Å². The number of aromatic nitrogens is 4. The quantitative estimate of drug-likeness (QED) is 0.851. The summed E-state index contributed by atoms with van der Waals surface area (Å²) in [7, 11) is 1.58. The van der Waals surface area contributed by atoms with Crippen LogP contribution < -0.4 is 4.74 Å². The van der Waals surface area contributed by atoms with Crippen LogP contribution in [0.3, 0.4) is 0 Å². The summed E-state index contributed by atoms with van der Waals surface area (Å²) in [6.07, 6.45) is 1.67. The highest BCUT2D eigenvalue weighted by Crippen LogP contribution is 2.33. The largest absolute Gasteiger partial charge is 0.497 e. The van der Waals surface area contributed by atoms with Gasteiger partial charge in [0, 0.05) is 0 Å². The Balaban J connectivity index is 1.78. The third-order valence-corrected chi connectivity index (χ3v) is 3.89. The number of imide groups is 1. The number of amides is 2. The van der Waals surface area contributed by atoms with Gasteiger partial charge in [-0.15, -0.1) is 5.10 Å². The number of benzene rings is 1. The molecule has 1 aromatic carbocycles. The van der Waals surface area contributed by atoms with E-state index in [1.54, 1.807) is 25.3 Å². The number of ether oxygens (including phenoxy) is 1. The molecule has 2 heterocycles. The lowest BCUT2D eigenvalue weighted by Gasteiger charge is -2.08. The van der Waals surface area contributed by atoms with Gasteiger partial charge in [0.15, 0.2) is 5.82 Å². The van der Waals surface area contributed by atoms with Gasteiger partial charge >= 0.3 is 0 Å². The Labute approximate surface area is 129 Å². The van der Waals surface area contributed by atoms with Crippen LogP contribution in [-0.4, -0.2) is 43.8 Å². The summed E-state index contributed by atoms with van der Waals surface area (Å²) in [6, 6.07) is 7.20. The number of methoxy groups -OCH3 is 1. The number of H-pyrrole nitrogens is 1. The van der Waals surface area contributed by atoms with Gasteiger partial charge in [-0.1, -0.05) is 12.1 Å². The van der Waals surface area contributed by atoms with Crippen LogP contribution in [0, 0.1) is 0 Å². The lowest BCUT2D eigenvalue weighted by atomic mass is 10.2. The molecule has 1 aliphatic rings. The fraction of sp³-hybridized carbons (Fsp3) is 0.154. The molecule has 9 heteroatoms. The standard InChI is InChI=1S/C13H11N5O3S/c1-21-9-4-2-8(3-5-9)6-10-12(19)18(13(20)22-10)7-11-14-16-17-15-11/h2-6H,7H2,1H3,(H,14,15,16,17). The molecule has 0 spiro atoms. The minimum Gasteiger partial charge on any atom is -0.497 e. The zero-order valence-electron chi connectivity index (χ0n) is 11.5. The van der Waals surface area contributed by atoms with Crippen LogP contribution in [0.4, 0.5) is 4.79 Å². The lowest BCUT2D eigenvalue weighted by molar-refractivity contribution is -0.123. The molecule has 3 rings (SSSR count). The van der Waals surface area contributed by atoms with Crippen LogP contribution in [0.15, 0.2) is 29.2 Å². The van der Waals surface area contributed by atoms with Crippen LogP contribution in [-0.2, 0) is 11.3 Å². The molecule has 1 N–H and O–H groups in total. The Kier molecular flexibility index (Phi) is 3.88. The Morgan fingerprint density at radius 1 is 1.32 bits per heavy atom. The van der Waals surface area contributed by atoms with Crippen molar-refractivity contribution in [3.8, 4) is 5.75 Å². The summed E-state index contributed by atoms with van der Waals surface area (Å²) in [5.41, 5.74) is 0.813. The molecule has 0 bridgehead atoms. The van der Waals surface area contributed by atoms with E-state index in [-0.39, 0.29) is 17.7 Å². The van der Waals surface area contributed by atoms with E-state index in [0.29, 0.717) is 10.7 Å². The normalized spacial score (nSPS) is 16.6. The molecule has 0 radical (unpaired) electrons. The Morgan fingerprint density at radius 3 is 2.73 bits per heavy atom. The molecule has 0 unspecified atom stereocenters. The molecule has 8 nitrogen and oxygen atoms in total. The van der Waals surface area contributed by atoms with Gasteiger partial charge in [0.2, 0.25) is 0 Å². The van der Waals surface area contributed by atoms with E-state index in [4.69, 9.17) is 4.74 Å². The zero-order chi connectivity index (χ0) is 15.5. The Hall–Kier alpha value is -2.68. The maximum atomic E-state index is 12.3. The predicted octanol–water partition coefficient (Wildman–Crippen LogP) is 1.44. The molecule has 2 amide bonds. The molecule has 112 valence electrons. The van der Waals surface area contributed by atoms with E-state index >= 15 is 0 Å². The summed E-state index contributed by atoms with van der Waals surface area (Å²) >= 11 is 0.893. The van der Waals surface area contributed by atoms with Crippen molar-refractivity contribution < 1.29 is 14.3 Å². The van der Waals surface area contributed by atoms with E-state index in [9.17, 15) is 9.59 Å². The van der Waals surface area contributed by atoms with Gasteiger partial charge in [0.1, 0.15) is 5.75 Å². The van der Waals surface area contributed by atoms with Crippen molar-refractivity contribution >= 4 is 29.0 Å². The summed E-state index contributed by atoms with van der Waals surface area (Å²) in [5, 5.41) is 12.7. The molecule has 0 aliphatic carbocycles. The third kappa shape index (κ3) is 2.84. The molecule has 1 saturated heterocycles. The van der Waals surface area contributed by atoms with Crippen molar-refractivity contribution in [2.45, 2.75) is 6.54 Å². The van der Waals surface area contributed by atoms with Crippen molar-refractivity contribution in [1.82, 2.24) is 25.5 Å². The van der Waals surface area contributed by atoms with Gasteiger partial charge in [-0.2, -0.15) is 0 Å². The molecule has 1 fully saturated rings. The smallest absolute Gasteiger partial charge is 0.293 e. The van der Waals surface area contributed by atoms with Gasteiger partial charge in [-0.3, -0.25) is 14.5 Å². The first-order chi connectivity index (χ1) is 10.7. The maximum absolute atomic E-state index is 12.3. The first-order valence-corrected chi connectivity index (χ1v) is 7.11. The van der Waals surface area contributed by atoms with Crippen molar-refractivity contribution in [1.29, 1.82) is 0 Å². The molecule has 22 heavy (non-hydrogen) atoms. The fourth-order valence-electron chi connectivity index (χ4n) is 1.88. The molecule has 2 aromatic rings. The van der Waals surface area contributed by atoms with Crippen molar-refractivity contribution in [2.24, 2.45) is 0 Å². The van der Waals surface area contributed by atoms with E-state index in [1.165, 1.54) is 0 Å². The second-order valence-electron chi connectivity index (χ2n) is 4.39. The minimum absolute atomic E-state index is 0.0254. The monoisotopic (exact) mass is 317 g/mol. The van der Waals surface area contributed by atoms with Crippen LogP contribution in [0.2, 0.25) is 0 Å². The van der Waals surface area contributed by atoms with E-state index in [0.717, 1.165) is 28.0 Å². The molecular formula is C13H11N5O3S. The van der Waals surface area contributed by atoms with Gasteiger partial charge < -0.3 is 4.74 Å². The average molecular weight is 317 g/mol. The number of carbonyl (C=O) groups is 2. The number of nitrogens with one attached hydrogen (secondary N) is 1. The van der Waals surface area contributed by atoms with E-state index in [1.807, 2.05) is 12.1 Å². The number of hydrogen-bond acceptors (Lipinski definition) is 7. The summed E-state index contributed by atoms with van der Waals surface area (Å²) in [4.78, 5) is 25.7.